The van der Waals surface area contributed by atoms with Crippen LogP contribution < -0.4 is 4.90 Å². The maximum Gasteiger partial charge on any atom is 0.0396 e. The maximum absolute atomic E-state index is 4.10. The van der Waals surface area contributed by atoms with Gasteiger partial charge in [-0.05, 0) is 37.8 Å². The number of hydrogen-bond acceptors (Lipinski definition) is 1. The smallest absolute Gasteiger partial charge is 0.0396 e. The molecule has 0 amide bonds. The van der Waals surface area contributed by atoms with Gasteiger partial charge < -0.3 is 4.90 Å². The molecule has 0 unspecified atom stereocenters. The fraction of sp³-hybridized carbons (Fsp3) is 0.429. The summed E-state index contributed by atoms with van der Waals surface area (Å²) in [7, 11) is 0. The Kier molecular flexibility index (Phi) is 3.10. The third-order valence-electron chi connectivity index (χ3n) is 3.15. The second-order valence-corrected chi connectivity index (χ2v) is 4.38. The van der Waals surface area contributed by atoms with Crippen LogP contribution in [0, 0.1) is 6.92 Å². The Morgan fingerprint density at radius 3 is 2.73 bits per heavy atom. The zero-order valence-electron chi connectivity index (χ0n) is 9.50. The van der Waals surface area contributed by atoms with Gasteiger partial charge in [0.05, 0.1) is 0 Å². The lowest BCUT2D eigenvalue weighted by Gasteiger charge is -2.24. The van der Waals surface area contributed by atoms with Gasteiger partial charge >= 0.3 is 0 Å². The summed E-state index contributed by atoms with van der Waals surface area (Å²) in [6, 6.07) is 8.65. The Labute approximate surface area is 92.4 Å². The number of para-hydroxylation sites is 1. The highest BCUT2D eigenvalue weighted by atomic mass is 15.1. The highest BCUT2D eigenvalue weighted by molar-refractivity contribution is 5.53. The molecule has 0 bridgehead atoms. The predicted octanol–water partition coefficient (Wildman–Crippen LogP) is 3.54. The third-order valence-corrected chi connectivity index (χ3v) is 3.15. The SMILES string of the molecule is C=C1CCCN(c2ccccc2C)CC1. The van der Waals surface area contributed by atoms with Crippen molar-refractivity contribution in [3.63, 3.8) is 0 Å². The zero-order chi connectivity index (χ0) is 10.7. The predicted molar refractivity (Wildman–Crippen MR) is 66.4 cm³/mol. The van der Waals surface area contributed by atoms with Crippen LogP contribution in [0.1, 0.15) is 24.8 Å². The highest BCUT2D eigenvalue weighted by Crippen LogP contribution is 2.24. The molecule has 15 heavy (non-hydrogen) atoms. The molecule has 1 heterocycles. The number of benzene rings is 1. The highest BCUT2D eigenvalue weighted by Gasteiger charge is 2.12. The van der Waals surface area contributed by atoms with Gasteiger partial charge in [0.15, 0.2) is 0 Å². The summed E-state index contributed by atoms with van der Waals surface area (Å²) in [4.78, 5) is 2.49. The van der Waals surface area contributed by atoms with E-state index in [1.807, 2.05) is 0 Å². The zero-order valence-corrected chi connectivity index (χ0v) is 9.50. The number of nitrogens with zero attached hydrogens (tertiary/aromatic N) is 1. The molecule has 1 aromatic rings. The molecule has 1 saturated heterocycles. The molecule has 1 aromatic carbocycles. The summed E-state index contributed by atoms with van der Waals surface area (Å²) < 4.78 is 0. The Balaban J connectivity index is 2.16. The van der Waals surface area contributed by atoms with Crippen molar-refractivity contribution in [2.24, 2.45) is 0 Å². The molecule has 1 aliphatic heterocycles. The normalized spacial score (nSPS) is 17.7. The minimum absolute atomic E-state index is 1.13. The van der Waals surface area contributed by atoms with Gasteiger partial charge in [-0.2, -0.15) is 0 Å². The van der Waals surface area contributed by atoms with Gasteiger partial charge in [-0.15, -0.1) is 0 Å². The average Bonchev–Trinajstić information content (AvgIpc) is 2.44. The quantitative estimate of drug-likeness (QED) is 0.628. The molecule has 0 atom stereocenters. The van der Waals surface area contributed by atoms with E-state index in [1.54, 1.807) is 0 Å². The second kappa shape index (κ2) is 4.52. The molecule has 0 aromatic heterocycles. The molecule has 0 N–H and O–H groups in total. The Morgan fingerprint density at radius 1 is 1.13 bits per heavy atom. The van der Waals surface area contributed by atoms with Gasteiger partial charge in [0.25, 0.3) is 0 Å². The Bertz CT molecular complexity index is 354. The molecule has 80 valence electrons. The van der Waals surface area contributed by atoms with Crippen LogP contribution in [0.15, 0.2) is 36.4 Å². The molecule has 0 saturated carbocycles. The summed E-state index contributed by atoms with van der Waals surface area (Å²) in [5.41, 5.74) is 4.18. The van der Waals surface area contributed by atoms with Crippen LogP contribution in [-0.4, -0.2) is 13.1 Å². The lowest BCUT2D eigenvalue weighted by atomic mass is 10.1. The first-order chi connectivity index (χ1) is 7.27. The second-order valence-electron chi connectivity index (χ2n) is 4.38. The molecule has 1 heteroatoms. The van der Waals surface area contributed by atoms with Crippen LogP contribution in [-0.2, 0) is 0 Å². The van der Waals surface area contributed by atoms with Crippen LogP contribution in [0.5, 0.6) is 0 Å². The van der Waals surface area contributed by atoms with Gasteiger partial charge in [-0.1, -0.05) is 30.4 Å². The van der Waals surface area contributed by atoms with Crippen molar-refractivity contribution in [2.75, 3.05) is 18.0 Å². The third kappa shape index (κ3) is 2.41. The van der Waals surface area contributed by atoms with E-state index in [0.29, 0.717) is 0 Å². The lowest BCUT2D eigenvalue weighted by Crippen LogP contribution is -2.24. The van der Waals surface area contributed by atoms with Crippen molar-refractivity contribution < 1.29 is 0 Å². The van der Waals surface area contributed by atoms with Crippen LogP contribution in [0.2, 0.25) is 0 Å². The number of aryl methyl sites for hydroxylation is 1. The molecule has 1 fully saturated rings. The van der Waals surface area contributed by atoms with E-state index >= 15 is 0 Å². The van der Waals surface area contributed by atoms with Crippen molar-refractivity contribution in [3.05, 3.63) is 42.0 Å². The summed E-state index contributed by atoms with van der Waals surface area (Å²) in [5, 5.41) is 0. The lowest BCUT2D eigenvalue weighted by molar-refractivity contribution is 0.788. The van der Waals surface area contributed by atoms with Crippen molar-refractivity contribution in [1.82, 2.24) is 0 Å². The summed E-state index contributed by atoms with van der Waals surface area (Å²) >= 11 is 0. The van der Waals surface area contributed by atoms with Crippen molar-refractivity contribution in [1.29, 1.82) is 0 Å². The molecular weight excluding hydrogens is 182 g/mol. The van der Waals surface area contributed by atoms with Crippen molar-refractivity contribution in [3.8, 4) is 0 Å². The first-order valence-electron chi connectivity index (χ1n) is 5.74. The fourth-order valence-corrected chi connectivity index (χ4v) is 2.21. The van der Waals surface area contributed by atoms with Gasteiger partial charge in [0, 0.05) is 18.8 Å². The van der Waals surface area contributed by atoms with E-state index in [0.717, 1.165) is 13.0 Å². The number of hydrogen-bond donors (Lipinski definition) is 0. The van der Waals surface area contributed by atoms with E-state index in [4.69, 9.17) is 0 Å². The Hall–Kier alpha value is -1.24. The minimum Gasteiger partial charge on any atom is -0.371 e. The molecule has 0 aliphatic carbocycles. The molecule has 0 radical (unpaired) electrons. The molecule has 0 spiro atoms. The molecule has 1 aliphatic rings. The molecular formula is C14H19N. The summed E-state index contributed by atoms with van der Waals surface area (Å²) in [6.07, 6.45) is 3.59. The summed E-state index contributed by atoms with van der Waals surface area (Å²) in [5.74, 6) is 0. The first-order valence-corrected chi connectivity index (χ1v) is 5.74. The van der Waals surface area contributed by atoms with Crippen LogP contribution >= 0.6 is 0 Å². The van der Waals surface area contributed by atoms with E-state index < -0.39 is 0 Å². The molecule has 1 nitrogen and oxygen atoms in total. The molecule has 2 rings (SSSR count). The average molecular weight is 201 g/mol. The minimum atomic E-state index is 1.13. The first kappa shape index (κ1) is 10.3. The van der Waals surface area contributed by atoms with E-state index in [2.05, 4.69) is 42.7 Å². The van der Waals surface area contributed by atoms with Crippen LogP contribution in [0.4, 0.5) is 5.69 Å². The topological polar surface area (TPSA) is 3.24 Å². The fourth-order valence-electron chi connectivity index (χ4n) is 2.21. The monoisotopic (exact) mass is 201 g/mol. The van der Waals surface area contributed by atoms with Gasteiger partial charge in [0.2, 0.25) is 0 Å². The van der Waals surface area contributed by atoms with E-state index in [9.17, 15) is 0 Å². The van der Waals surface area contributed by atoms with Crippen LogP contribution in [0.25, 0.3) is 0 Å². The summed E-state index contributed by atoms with van der Waals surface area (Å²) in [6.45, 7) is 8.59. The van der Waals surface area contributed by atoms with E-state index in [1.165, 1.54) is 36.2 Å². The van der Waals surface area contributed by atoms with E-state index in [-0.39, 0.29) is 0 Å². The standard InChI is InChI=1S/C14H19N/c1-12-6-5-10-15(11-9-12)14-8-4-3-7-13(14)2/h3-4,7-8H,1,5-6,9-11H2,2H3. The van der Waals surface area contributed by atoms with Crippen molar-refractivity contribution >= 4 is 5.69 Å². The van der Waals surface area contributed by atoms with Gasteiger partial charge in [0.1, 0.15) is 0 Å². The van der Waals surface area contributed by atoms with Crippen LogP contribution in [0.3, 0.4) is 0 Å². The maximum atomic E-state index is 4.10. The Morgan fingerprint density at radius 2 is 1.93 bits per heavy atom. The van der Waals surface area contributed by atoms with Gasteiger partial charge in [-0.25, -0.2) is 0 Å². The number of rotatable bonds is 1. The number of anilines is 1. The van der Waals surface area contributed by atoms with Gasteiger partial charge in [-0.3, -0.25) is 0 Å². The largest absolute Gasteiger partial charge is 0.371 e. The van der Waals surface area contributed by atoms with Crippen molar-refractivity contribution in [2.45, 2.75) is 26.2 Å².